The number of unbranched alkanes of at least 4 members (excludes halogenated alkanes) is 1. The van der Waals surface area contributed by atoms with Crippen LogP contribution < -0.4 is 31.4 Å². The third-order valence-corrected chi connectivity index (χ3v) is 5.32. The van der Waals surface area contributed by atoms with Gasteiger partial charge in [-0.2, -0.15) is 0 Å². The van der Waals surface area contributed by atoms with Crippen LogP contribution in [-0.2, 0) is 11.3 Å². The predicted octanol–water partition coefficient (Wildman–Crippen LogP) is 3.42. The van der Waals surface area contributed by atoms with Crippen LogP contribution in [0.2, 0.25) is 0 Å². The number of anilines is 2. The van der Waals surface area contributed by atoms with E-state index in [0.29, 0.717) is 37.0 Å². The molecule has 1 heterocycles. The molecule has 2 aromatic rings. The number of methoxy groups -OCH3 is 1. The summed E-state index contributed by atoms with van der Waals surface area (Å²) in [4.78, 5) is 42.0. The van der Waals surface area contributed by atoms with Crippen LogP contribution in [0.25, 0.3) is 6.08 Å². The van der Waals surface area contributed by atoms with Crippen molar-refractivity contribution in [3.05, 3.63) is 50.7 Å². The number of hydrogen-bond acceptors (Lipinski definition) is 6. The Bertz CT molecular complexity index is 1120. The number of aromatic amines is 1. The van der Waals surface area contributed by atoms with E-state index in [2.05, 4.69) is 4.98 Å². The molecule has 3 N–H and O–H groups in total. The van der Waals surface area contributed by atoms with Crippen LogP contribution >= 0.6 is 0 Å². The van der Waals surface area contributed by atoms with Crippen molar-refractivity contribution in [2.75, 3.05) is 30.9 Å². The molecule has 0 aliphatic carbocycles. The van der Waals surface area contributed by atoms with Gasteiger partial charge in [0.2, 0.25) is 0 Å². The summed E-state index contributed by atoms with van der Waals surface area (Å²) >= 11 is 0. The van der Waals surface area contributed by atoms with E-state index in [0.717, 1.165) is 18.4 Å². The number of H-pyrrole nitrogens is 1. The van der Waals surface area contributed by atoms with Crippen LogP contribution in [0.4, 0.5) is 11.5 Å². The van der Waals surface area contributed by atoms with Crippen LogP contribution in [0.5, 0.6) is 11.5 Å². The Morgan fingerprint density at radius 1 is 1.24 bits per heavy atom. The molecule has 0 fully saturated rings. The van der Waals surface area contributed by atoms with Crippen molar-refractivity contribution < 1.29 is 14.3 Å². The summed E-state index contributed by atoms with van der Waals surface area (Å²) < 4.78 is 12.2. The molecule has 1 amide bonds. The van der Waals surface area contributed by atoms with Crippen LogP contribution in [0.1, 0.15) is 52.5 Å². The summed E-state index contributed by atoms with van der Waals surface area (Å²) in [6.45, 7) is 9.08. The van der Waals surface area contributed by atoms with Gasteiger partial charge in [-0.3, -0.25) is 19.1 Å². The number of nitrogens with zero attached hydrogens (tertiary/aromatic N) is 2. The standard InChI is InChI=1S/C25H36N4O5/c1-6-8-14-29-23(26)22(24(31)27-25(29)32)28(15-13-17(3)4)21(30)12-10-18-9-11-19(34-7-2)20(16-18)33-5/h9-12,16-17H,6-8,13-15,26H2,1-5H3,(H,27,31,32)/b12-10+. The molecule has 0 bridgehead atoms. The van der Waals surface area contributed by atoms with E-state index in [1.165, 1.54) is 15.5 Å². The first kappa shape index (κ1) is 26.8. The largest absolute Gasteiger partial charge is 0.493 e. The first-order chi connectivity index (χ1) is 16.2. The van der Waals surface area contributed by atoms with Crippen molar-refractivity contribution in [1.82, 2.24) is 9.55 Å². The molecule has 34 heavy (non-hydrogen) atoms. The number of aromatic nitrogens is 2. The van der Waals surface area contributed by atoms with Gasteiger partial charge in [0.05, 0.1) is 13.7 Å². The minimum atomic E-state index is -0.677. The Labute approximate surface area is 200 Å². The number of nitrogen functional groups attached to an aromatic ring is 1. The second-order valence-electron chi connectivity index (χ2n) is 8.35. The van der Waals surface area contributed by atoms with Crippen LogP contribution in [-0.4, -0.2) is 35.7 Å². The van der Waals surface area contributed by atoms with Gasteiger partial charge in [-0.05, 0) is 49.5 Å². The molecule has 0 unspecified atom stereocenters. The first-order valence-corrected chi connectivity index (χ1v) is 11.7. The van der Waals surface area contributed by atoms with E-state index in [-0.39, 0.29) is 18.1 Å². The number of nitrogens with two attached hydrogens (primary N) is 1. The number of ether oxygens (including phenoxy) is 2. The molecule has 0 spiro atoms. The van der Waals surface area contributed by atoms with E-state index in [4.69, 9.17) is 15.2 Å². The van der Waals surface area contributed by atoms with Gasteiger partial charge >= 0.3 is 5.69 Å². The van der Waals surface area contributed by atoms with Crippen LogP contribution in [0.3, 0.4) is 0 Å². The number of carbonyl (C=O) groups is 1. The minimum absolute atomic E-state index is 0.00422. The minimum Gasteiger partial charge on any atom is -0.493 e. The maximum Gasteiger partial charge on any atom is 0.330 e. The lowest BCUT2D eigenvalue weighted by molar-refractivity contribution is -0.114. The molecule has 9 heteroatoms. The molecule has 0 saturated carbocycles. The molecule has 1 aromatic heterocycles. The summed E-state index contributed by atoms with van der Waals surface area (Å²) in [5, 5.41) is 0. The molecule has 1 aromatic carbocycles. The van der Waals surface area contributed by atoms with Crippen LogP contribution in [0.15, 0.2) is 33.9 Å². The third-order valence-electron chi connectivity index (χ3n) is 5.32. The smallest absolute Gasteiger partial charge is 0.330 e. The van der Waals surface area contributed by atoms with Gasteiger partial charge in [-0.1, -0.05) is 33.3 Å². The summed E-state index contributed by atoms with van der Waals surface area (Å²) in [6.07, 6.45) is 5.25. The number of amides is 1. The SMILES string of the molecule is CCCCn1c(N)c(N(CCC(C)C)C(=O)/C=C/c2ccc(OCC)c(OC)c2)c(=O)[nH]c1=O. The highest BCUT2D eigenvalue weighted by atomic mass is 16.5. The zero-order valence-electron chi connectivity index (χ0n) is 20.7. The maximum absolute atomic E-state index is 13.3. The van der Waals surface area contributed by atoms with Crippen molar-refractivity contribution in [3.8, 4) is 11.5 Å². The lowest BCUT2D eigenvalue weighted by Gasteiger charge is -2.24. The van der Waals surface area contributed by atoms with E-state index in [9.17, 15) is 14.4 Å². The van der Waals surface area contributed by atoms with E-state index >= 15 is 0 Å². The third kappa shape index (κ3) is 6.76. The van der Waals surface area contributed by atoms with E-state index in [1.54, 1.807) is 25.3 Å². The highest BCUT2D eigenvalue weighted by molar-refractivity contribution is 6.05. The highest BCUT2D eigenvalue weighted by Crippen LogP contribution is 2.28. The quantitative estimate of drug-likeness (QED) is 0.457. The normalized spacial score (nSPS) is 11.2. The van der Waals surface area contributed by atoms with Gasteiger partial charge in [0.15, 0.2) is 17.2 Å². The number of nitrogens with one attached hydrogen (secondary N) is 1. The number of rotatable bonds is 12. The Hall–Kier alpha value is -3.49. The van der Waals surface area contributed by atoms with E-state index in [1.807, 2.05) is 33.8 Å². The molecule has 9 nitrogen and oxygen atoms in total. The molecular weight excluding hydrogens is 436 g/mol. The molecule has 0 aliphatic heterocycles. The average molecular weight is 473 g/mol. The topological polar surface area (TPSA) is 120 Å². The zero-order valence-corrected chi connectivity index (χ0v) is 20.7. The van der Waals surface area contributed by atoms with Crippen molar-refractivity contribution >= 4 is 23.5 Å². The van der Waals surface area contributed by atoms with Crippen molar-refractivity contribution in [2.24, 2.45) is 5.92 Å². The first-order valence-electron chi connectivity index (χ1n) is 11.7. The van der Waals surface area contributed by atoms with Gasteiger partial charge in [0, 0.05) is 19.2 Å². The fourth-order valence-electron chi connectivity index (χ4n) is 3.42. The van der Waals surface area contributed by atoms with Gasteiger partial charge in [0.25, 0.3) is 11.5 Å². The van der Waals surface area contributed by atoms with Crippen molar-refractivity contribution in [1.29, 1.82) is 0 Å². The van der Waals surface area contributed by atoms with Crippen LogP contribution in [0, 0.1) is 5.92 Å². The molecule has 0 atom stereocenters. The molecule has 0 aliphatic rings. The fourth-order valence-corrected chi connectivity index (χ4v) is 3.42. The molecule has 0 saturated heterocycles. The molecular formula is C25H36N4O5. The zero-order chi connectivity index (χ0) is 25.3. The second kappa shape index (κ2) is 12.7. The maximum atomic E-state index is 13.3. The Balaban J connectivity index is 2.45. The van der Waals surface area contributed by atoms with Crippen molar-refractivity contribution in [3.63, 3.8) is 0 Å². The molecule has 2 rings (SSSR count). The van der Waals surface area contributed by atoms with Gasteiger partial charge in [-0.25, -0.2) is 4.79 Å². The summed E-state index contributed by atoms with van der Waals surface area (Å²) in [5.74, 6) is 1.04. The number of hydrogen-bond donors (Lipinski definition) is 2. The Kier molecular flexibility index (Phi) is 9.97. The lowest BCUT2D eigenvalue weighted by Crippen LogP contribution is -2.41. The summed E-state index contributed by atoms with van der Waals surface area (Å²) in [5.41, 5.74) is 5.73. The van der Waals surface area contributed by atoms with E-state index < -0.39 is 17.2 Å². The highest BCUT2D eigenvalue weighted by Gasteiger charge is 2.23. The monoisotopic (exact) mass is 472 g/mol. The predicted molar refractivity (Wildman–Crippen MR) is 136 cm³/mol. The lowest BCUT2D eigenvalue weighted by atomic mass is 10.1. The Morgan fingerprint density at radius 3 is 2.59 bits per heavy atom. The van der Waals surface area contributed by atoms with Gasteiger partial charge < -0.3 is 20.1 Å². The summed E-state index contributed by atoms with van der Waals surface area (Å²) in [6, 6.07) is 5.34. The van der Waals surface area contributed by atoms with Gasteiger partial charge in [0.1, 0.15) is 5.82 Å². The average Bonchev–Trinajstić information content (AvgIpc) is 2.79. The fraction of sp³-hybridized carbons (Fsp3) is 0.480. The number of benzene rings is 1. The summed E-state index contributed by atoms with van der Waals surface area (Å²) in [7, 11) is 1.55. The second-order valence-corrected chi connectivity index (χ2v) is 8.35. The molecule has 186 valence electrons. The Morgan fingerprint density at radius 2 is 1.97 bits per heavy atom. The van der Waals surface area contributed by atoms with Gasteiger partial charge in [-0.15, -0.1) is 0 Å². The number of carbonyl (C=O) groups excluding carboxylic acids is 1. The van der Waals surface area contributed by atoms with Crippen molar-refractivity contribution in [2.45, 2.75) is 53.5 Å². The molecule has 0 radical (unpaired) electrons.